The Kier molecular flexibility index (Phi) is 4.24. The van der Waals surface area contributed by atoms with E-state index in [2.05, 4.69) is 0 Å². The first kappa shape index (κ1) is 15.7. The van der Waals surface area contributed by atoms with Gasteiger partial charge in [-0.2, -0.15) is 0 Å². The van der Waals surface area contributed by atoms with Crippen molar-refractivity contribution in [2.75, 3.05) is 11.4 Å². The molecule has 0 aliphatic carbocycles. The minimum atomic E-state index is -0.582. The molecular formula is C17H14N2O5. The number of nitro groups is 1. The van der Waals surface area contributed by atoms with Crippen LogP contribution in [0, 0.1) is 10.1 Å². The van der Waals surface area contributed by atoms with Gasteiger partial charge in [0.25, 0.3) is 5.69 Å². The lowest BCUT2D eigenvalue weighted by Crippen LogP contribution is -2.37. The van der Waals surface area contributed by atoms with Gasteiger partial charge in [0.2, 0.25) is 0 Å². The van der Waals surface area contributed by atoms with Crippen molar-refractivity contribution in [1.82, 2.24) is 0 Å². The number of ketones is 1. The maximum absolute atomic E-state index is 12.3. The quantitative estimate of drug-likeness (QED) is 0.637. The molecule has 7 heteroatoms. The first-order valence-corrected chi connectivity index (χ1v) is 7.36. The second kappa shape index (κ2) is 6.49. The summed E-state index contributed by atoms with van der Waals surface area (Å²) in [6, 6.07) is 13.1. The van der Waals surface area contributed by atoms with Gasteiger partial charge in [0.05, 0.1) is 10.6 Å². The lowest BCUT2D eigenvalue weighted by molar-refractivity contribution is -0.384. The number of carbonyl (C=O) groups is 2. The number of rotatable bonds is 3. The highest BCUT2D eigenvalue weighted by Gasteiger charge is 2.29. The first-order valence-electron chi connectivity index (χ1n) is 7.36. The average Bonchev–Trinajstić information content (AvgIpc) is 2.60. The van der Waals surface area contributed by atoms with Crippen molar-refractivity contribution < 1.29 is 19.2 Å². The van der Waals surface area contributed by atoms with Gasteiger partial charge in [-0.05, 0) is 11.6 Å². The van der Waals surface area contributed by atoms with E-state index in [1.807, 2.05) is 30.3 Å². The molecule has 2 aromatic carbocycles. The van der Waals surface area contributed by atoms with Crippen LogP contribution in [-0.4, -0.2) is 23.3 Å². The summed E-state index contributed by atoms with van der Waals surface area (Å²) < 4.78 is 5.28. The third-order valence-corrected chi connectivity index (χ3v) is 3.77. The number of nitrogens with zero attached hydrogens (tertiary/aromatic N) is 2. The van der Waals surface area contributed by atoms with Gasteiger partial charge >= 0.3 is 6.09 Å². The van der Waals surface area contributed by atoms with E-state index in [0.717, 1.165) is 5.56 Å². The van der Waals surface area contributed by atoms with E-state index < -0.39 is 11.0 Å². The number of nitro benzene ring substituents is 1. The summed E-state index contributed by atoms with van der Waals surface area (Å²) in [6.07, 6.45) is -0.476. The highest BCUT2D eigenvalue weighted by atomic mass is 16.6. The molecule has 0 fully saturated rings. The van der Waals surface area contributed by atoms with Gasteiger partial charge in [0.15, 0.2) is 5.78 Å². The fourth-order valence-corrected chi connectivity index (χ4v) is 2.55. The number of benzene rings is 2. The molecule has 0 radical (unpaired) electrons. The molecule has 2 aromatic rings. The summed E-state index contributed by atoms with van der Waals surface area (Å²) in [4.78, 5) is 35.9. The summed E-state index contributed by atoms with van der Waals surface area (Å²) in [7, 11) is 0. The lowest BCUT2D eigenvalue weighted by atomic mass is 10.00. The van der Waals surface area contributed by atoms with E-state index in [9.17, 15) is 19.7 Å². The third kappa shape index (κ3) is 3.10. The van der Waals surface area contributed by atoms with Crippen LogP contribution in [0.15, 0.2) is 48.5 Å². The number of carbonyl (C=O) groups excluding carboxylic acids is 2. The fraction of sp³-hybridized carbons (Fsp3) is 0.176. The second-order valence-electron chi connectivity index (χ2n) is 5.32. The third-order valence-electron chi connectivity index (χ3n) is 3.77. The van der Waals surface area contributed by atoms with Crippen LogP contribution in [0.4, 0.5) is 16.2 Å². The Morgan fingerprint density at radius 1 is 1.21 bits per heavy atom. The summed E-state index contributed by atoms with van der Waals surface area (Å²) in [5.74, 6) is -0.221. The molecule has 1 aliphatic heterocycles. The van der Waals surface area contributed by atoms with Crippen molar-refractivity contribution in [2.45, 2.75) is 13.0 Å². The Labute approximate surface area is 137 Å². The molecule has 1 aliphatic rings. The average molecular weight is 326 g/mol. The standard InChI is InChI=1S/C17H14N2O5/c20-16-8-9-18(15-7-6-13(19(22)23)10-14(15)16)17(21)24-11-12-4-2-1-3-5-12/h1-7,10H,8-9,11H2. The zero-order valence-corrected chi connectivity index (χ0v) is 12.7. The highest BCUT2D eigenvalue weighted by molar-refractivity contribution is 6.08. The summed E-state index contributed by atoms with van der Waals surface area (Å²) in [5.41, 5.74) is 1.19. The van der Waals surface area contributed by atoms with Crippen molar-refractivity contribution in [2.24, 2.45) is 0 Å². The molecule has 0 saturated carbocycles. The van der Waals surface area contributed by atoms with Crippen molar-refractivity contribution in [1.29, 1.82) is 0 Å². The number of ether oxygens (including phenoxy) is 1. The molecule has 0 unspecified atom stereocenters. The lowest BCUT2D eigenvalue weighted by Gasteiger charge is -2.27. The highest BCUT2D eigenvalue weighted by Crippen LogP contribution is 2.31. The Hall–Kier alpha value is -3.22. The molecule has 3 rings (SSSR count). The monoisotopic (exact) mass is 326 g/mol. The smallest absolute Gasteiger partial charge is 0.414 e. The Morgan fingerprint density at radius 2 is 1.96 bits per heavy atom. The normalized spacial score (nSPS) is 13.3. The van der Waals surface area contributed by atoms with Crippen LogP contribution in [0.3, 0.4) is 0 Å². The van der Waals surface area contributed by atoms with Crippen LogP contribution in [-0.2, 0) is 11.3 Å². The maximum Gasteiger partial charge on any atom is 0.414 e. The molecule has 0 N–H and O–H groups in total. The van der Waals surface area contributed by atoms with Crippen LogP contribution in [0.1, 0.15) is 22.3 Å². The van der Waals surface area contributed by atoms with E-state index in [1.54, 1.807) is 0 Å². The fourth-order valence-electron chi connectivity index (χ4n) is 2.55. The first-order chi connectivity index (χ1) is 11.6. The van der Waals surface area contributed by atoms with E-state index in [4.69, 9.17) is 4.74 Å². The Balaban J connectivity index is 1.80. The van der Waals surface area contributed by atoms with Crippen molar-refractivity contribution in [3.8, 4) is 0 Å². The maximum atomic E-state index is 12.3. The van der Waals surface area contributed by atoms with Gasteiger partial charge in [-0.25, -0.2) is 4.79 Å². The van der Waals surface area contributed by atoms with Crippen molar-refractivity contribution >= 4 is 23.3 Å². The molecule has 0 aromatic heterocycles. The van der Waals surface area contributed by atoms with E-state index in [1.165, 1.54) is 23.1 Å². The molecule has 0 spiro atoms. The van der Waals surface area contributed by atoms with E-state index in [0.29, 0.717) is 5.69 Å². The summed E-state index contributed by atoms with van der Waals surface area (Å²) in [6.45, 7) is 0.309. The molecule has 122 valence electrons. The van der Waals surface area contributed by atoms with Gasteiger partial charge in [-0.15, -0.1) is 0 Å². The summed E-state index contributed by atoms with van der Waals surface area (Å²) in [5, 5.41) is 10.9. The van der Waals surface area contributed by atoms with Crippen LogP contribution < -0.4 is 4.90 Å². The van der Waals surface area contributed by atoms with Crippen LogP contribution in [0.2, 0.25) is 0 Å². The van der Waals surface area contributed by atoms with Crippen LogP contribution >= 0.6 is 0 Å². The minimum absolute atomic E-state index is 0.106. The Bertz CT molecular complexity index is 804. The second-order valence-corrected chi connectivity index (χ2v) is 5.32. The number of fused-ring (bicyclic) bond motifs is 1. The van der Waals surface area contributed by atoms with Crippen LogP contribution in [0.25, 0.3) is 0 Å². The predicted molar refractivity (Wildman–Crippen MR) is 86.0 cm³/mol. The van der Waals surface area contributed by atoms with E-state index >= 15 is 0 Å². The molecule has 0 saturated heterocycles. The molecule has 0 bridgehead atoms. The van der Waals surface area contributed by atoms with Gasteiger partial charge in [0.1, 0.15) is 6.61 Å². The molecular weight excluding hydrogens is 312 g/mol. The van der Waals surface area contributed by atoms with Gasteiger partial charge in [-0.3, -0.25) is 19.8 Å². The number of hydrogen-bond acceptors (Lipinski definition) is 5. The number of non-ortho nitro benzene ring substituents is 1. The molecule has 1 heterocycles. The molecule has 7 nitrogen and oxygen atoms in total. The number of hydrogen-bond donors (Lipinski definition) is 0. The Morgan fingerprint density at radius 3 is 2.67 bits per heavy atom. The zero-order chi connectivity index (χ0) is 17.1. The van der Waals surface area contributed by atoms with E-state index in [-0.39, 0.29) is 36.6 Å². The van der Waals surface area contributed by atoms with Crippen LogP contribution in [0.5, 0.6) is 0 Å². The zero-order valence-electron chi connectivity index (χ0n) is 12.7. The van der Waals surface area contributed by atoms with Gasteiger partial charge in [-0.1, -0.05) is 30.3 Å². The SMILES string of the molecule is O=C1CCN(C(=O)OCc2ccccc2)c2ccc([N+](=O)[O-])cc21. The van der Waals surface area contributed by atoms with Gasteiger partial charge in [0, 0.05) is 30.7 Å². The van der Waals surface area contributed by atoms with Crippen molar-refractivity contribution in [3.63, 3.8) is 0 Å². The predicted octanol–water partition coefficient (Wildman–Crippen LogP) is 3.32. The largest absolute Gasteiger partial charge is 0.444 e. The minimum Gasteiger partial charge on any atom is -0.444 e. The number of Topliss-reactive ketones (excluding diaryl/α,β-unsaturated/α-hetero) is 1. The molecule has 1 amide bonds. The summed E-state index contributed by atoms with van der Waals surface area (Å²) >= 11 is 0. The topological polar surface area (TPSA) is 89.8 Å². The number of anilines is 1. The molecule has 24 heavy (non-hydrogen) atoms. The molecule has 0 atom stereocenters. The van der Waals surface area contributed by atoms with Crippen molar-refractivity contribution in [3.05, 3.63) is 69.8 Å². The number of amides is 1. The van der Waals surface area contributed by atoms with Gasteiger partial charge < -0.3 is 4.74 Å².